The fourth-order valence-corrected chi connectivity index (χ4v) is 2.65. The number of aryl methyl sites for hydroxylation is 2. The van der Waals surface area contributed by atoms with Gasteiger partial charge < -0.3 is 10.6 Å². The largest absolute Gasteiger partial charge is 0.347 e. The van der Waals surface area contributed by atoms with Gasteiger partial charge in [0, 0.05) is 13.1 Å². The van der Waals surface area contributed by atoms with E-state index in [0.717, 1.165) is 11.1 Å². The van der Waals surface area contributed by atoms with Gasteiger partial charge in [-0.2, -0.15) is 0 Å². The Morgan fingerprint density at radius 1 is 0.679 bits per heavy atom. The SMILES string of the molecule is Cc1ccc(CNC(=O)c2cccc(C(=O)NCc3ccc(C)cc3)n2)cc1. The van der Waals surface area contributed by atoms with Gasteiger partial charge in [-0.25, -0.2) is 4.98 Å². The maximum Gasteiger partial charge on any atom is 0.270 e. The summed E-state index contributed by atoms with van der Waals surface area (Å²) in [5, 5.41) is 5.66. The van der Waals surface area contributed by atoms with Crippen molar-refractivity contribution in [3.05, 3.63) is 100 Å². The van der Waals surface area contributed by atoms with Gasteiger partial charge in [0.15, 0.2) is 0 Å². The molecular formula is C23H23N3O2. The summed E-state index contributed by atoms with van der Waals surface area (Å²) in [7, 11) is 0. The summed E-state index contributed by atoms with van der Waals surface area (Å²) in [5.41, 5.74) is 4.78. The second-order valence-corrected chi connectivity index (χ2v) is 6.74. The first-order valence-corrected chi connectivity index (χ1v) is 9.16. The first kappa shape index (κ1) is 19.3. The Labute approximate surface area is 164 Å². The minimum atomic E-state index is -0.311. The molecule has 5 heteroatoms. The van der Waals surface area contributed by atoms with Crippen LogP contribution in [0.3, 0.4) is 0 Å². The molecule has 0 saturated carbocycles. The van der Waals surface area contributed by atoms with E-state index in [0.29, 0.717) is 13.1 Å². The first-order chi connectivity index (χ1) is 13.5. The summed E-state index contributed by atoms with van der Waals surface area (Å²) in [6.07, 6.45) is 0. The monoisotopic (exact) mass is 373 g/mol. The van der Waals surface area contributed by atoms with Crippen molar-refractivity contribution >= 4 is 11.8 Å². The molecule has 3 aromatic rings. The van der Waals surface area contributed by atoms with Crippen LogP contribution in [0.15, 0.2) is 66.7 Å². The molecule has 1 aromatic heterocycles. The molecule has 142 valence electrons. The van der Waals surface area contributed by atoms with E-state index in [2.05, 4.69) is 15.6 Å². The number of carbonyl (C=O) groups is 2. The summed E-state index contributed by atoms with van der Waals surface area (Å²) in [5.74, 6) is -0.623. The van der Waals surface area contributed by atoms with Gasteiger partial charge in [0.1, 0.15) is 11.4 Å². The maximum absolute atomic E-state index is 12.4. The zero-order valence-corrected chi connectivity index (χ0v) is 16.0. The molecule has 5 nitrogen and oxygen atoms in total. The number of pyridine rings is 1. The van der Waals surface area contributed by atoms with E-state index in [1.807, 2.05) is 62.4 Å². The molecule has 0 aliphatic heterocycles. The van der Waals surface area contributed by atoms with Crippen LogP contribution in [0.2, 0.25) is 0 Å². The molecule has 0 aliphatic carbocycles. The number of aromatic nitrogens is 1. The maximum atomic E-state index is 12.4. The van der Waals surface area contributed by atoms with Crippen LogP contribution in [-0.4, -0.2) is 16.8 Å². The standard InChI is InChI=1S/C23H23N3O2/c1-16-6-10-18(11-7-16)14-24-22(27)20-4-3-5-21(26-20)23(28)25-15-19-12-8-17(2)9-13-19/h3-13H,14-15H2,1-2H3,(H,24,27)(H,25,28). The highest BCUT2D eigenvalue weighted by Gasteiger charge is 2.12. The average molecular weight is 373 g/mol. The smallest absolute Gasteiger partial charge is 0.270 e. The minimum absolute atomic E-state index is 0.218. The van der Waals surface area contributed by atoms with Crippen LogP contribution in [0.1, 0.15) is 43.2 Å². The van der Waals surface area contributed by atoms with Crippen molar-refractivity contribution in [3.8, 4) is 0 Å². The summed E-state index contributed by atoms with van der Waals surface area (Å²) in [4.78, 5) is 28.9. The molecule has 2 N–H and O–H groups in total. The van der Waals surface area contributed by atoms with Gasteiger partial charge in [-0.15, -0.1) is 0 Å². The molecule has 2 amide bonds. The van der Waals surface area contributed by atoms with Crippen molar-refractivity contribution in [3.63, 3.8) is 0 Å². The number of hydrogen-bond acceptors (Lipinski definition) is 3. The second kappa shape index (κ2) is 8.95. The fourth-order valence-electron chi connectivity index (χ4n) is 2.65. The zero-order valence-electron chi connectivity index (χ0n) is 16.0. The van der Waals surface area contributed by atoms with E-state index in [4.69, 9.17) is 0 Å². The van der Waals surface area contributed by atoms with Gasteiger partial charge in [0.05, 0.1) is 0 Å². The molecule has 0 aliphatic rings. The van der Waals surface area contributed by atoms with Crippen molar-refractivity contribution < 1.29 is 9.59 Å². The second-order valence-electron chi connectivity index (χ2n) is 6.74. The third-order valence-corrected chi connectivity index (χ3v) is 4.36. The van der Waals surface area contributed by atoms with Crippen LogP contribution in [-0.2, 0) is 13.1 Å². The quantitative estimate of drug-likeness (QED) is 0.694. The zero-order chi connectivity index (χ0) is 19.9. The Morgan fingerprint density at radius 3 is 1.46 bits per heavy atom. The van der Waals surface area contributed by atoms with E-state index in [-0.39, 0.29) is 23.2 Å². The molecule has 0 radical (unpaired) electrons. The highest BCUT2D eigenvalue weighted by atomic mass is 16.2. The molecule has 2 aromatic carbocycles. The Balaban J connectivity index is 1.58. The molecule has 0 bridgehead atoms. The van der Waals surface area contributed by atoms with Crippen LogP contribution >= 0.6 is 0 Å². The van der Waals surface area contributed by atoms with Crippen LogP contribution < -0.4 is 10.6 Å². The minimum Gasteiger partial charge on any atom is -0.347 e. The van der Waals surface area contributed by atoms with Crippen LogP contribution in [0.5, 0.6) is 0 Å². The molecular weight excluding hydrogens is 350 g/mol. The molecule has 0 unspecified atom stereocenters. The number of benzene rings is 2. The number of carbonyl (C=O) groups excluding carboxylic acids is 2. The van der Waals surface area contributed by atoms with Crippen LogP contribution in [0.4, 0.5) is 0 Å². The number of rotatable bonds is 6. The lowest BCUT2D eigenvalue weighted by atomic mass is 10.1. The lowest BCUT2D eigenvalue weighted by Gasteiger charge is -2.08. The highest BCUT2D eigenvalue weighted by Crippen LogP contribution is 2.06. The van der Waals surface area contributed by atoms with Crippen molar-refractivity contribution in [1.82, 2.24) is 15.6 Å². The van der Waals surface area contributed by atoms with Crippen molar-refractivity contribution in [2.75, 3.05) is 0 Å². The van der Waals surface area contributed by atoms with Gasteiger partial charge in [-0.3, -0.25) is 9.59 Å². The molecule has 28 heavy (non-hydrogen) atoms. The van der Waals surface area contributed by atoms with Gasteiger partial charge in [-0.05, 0) is 37.1 Å². The topological polar surface area (TPSA) is 71.1 Å². The predicted molar refractivity (Wildman–Crippen MR) is 109 cm³/mol. The van der Waals surface area contributed by atoms with Gasteiger partial charge in [0.2, 0.25) is 0 Å². The summed E-state index contributed by atoms with van der Waals surface area (Å²) < 4.78 is 0. The molecule has 0 atom stereocenters. The lowest BCUT2D eigenvalue weighted by Crippen LogP contribution is -2.27. The van der Waals surface area contributed by atoms with Gasteiger partial charge in [0.25, 0.3) is 11.8 Å². The van der Waals surface area contributed by atoms with E-state index >= 15 is 0 Å². The van der Waals surface area contributed by atoms with Gasteiger partial charge >= 0.3 is 0 Å². The number of nitrogens with one attached hydrogen (secondary N) is 2. The first-order valence-electron chi connectivity index (χ1n) is 9.16. The summed E-state index contributed by atoms with van der Waals surface area (Å²) >= 11 is 0. The summed E-state index contributed by atoms with van der Waals surface area (Å²) in [6, 6.07) is 20.7. The predicted octanol–water partition coefficient (Wildman–Crippen LogP) is 3.56. The van der Waals surface area contributed by atoms with Gasteiger partial charge in [-0.1, -0.05) is 65.7 Å². The number of hydrogen-bond donors (Lipinski definition) is 2. The Morgan fingerprint density at radius 2 is 1.07 bits per heavy atom. The van der Waals surface area contributed by atoms with Crippen molar-refractivity contribution in [2.45, 2.75) is 26.9 Å². The Kier molecular flexibility index (Phi) is 6.17. The van der Waals surface area contributed by atoms with Crippen LogP contribution in [0.25, 0.3) is 0 Å². The van der Waals surface area contributed by atoms with Crippen molar-refractivity contribution in [1.29, 1.82) is 0 Å². The highest BCUT2D eigenvalue weighted by molar-refractivity contribution is 5.96. The lowest BCUT2D eigenvalue weighted by molar-refractivity contribution is 0.0941. The van der Waals surface area contributed by atoms with E-state index in [1.54, 1.807) is 18.2 Å². The van der Waals surface area contributed by atoms with Crippen molar-refractivity contribution in [2.24, 2.45) is 0 Å². The Bertz CT molecular complexity index is 887. The molecule has 0 fully saturated rings. The normalized spacial score (nSPS) is 10.4. The molecule has 0 saturated heterocycles. The third-order valence-electron chi connectivity index (χ3n) is 4.36. The number of amides is 2. The number of nitrogens with zero attached hydrogens (tertiary/aromatic N) is 1. The van der Waals surface area contributed by atoms with E-state index in [1.165, 1.54) is 11.1 Å². The molecule has 1 heterocycles. The van der Waals surface area contributed by atoms with E-state index in [9.17, 15) is 9.59 Å². The molecule has 0 spiro atoms. The summed E-state index contributed by atoms with van der Waals surface area (Å²) in [6.45, 7) is 4.85. The van der Waals surface area contributed by atoms with Crippen LogP contribution in [0, 0.1) is 13.8 Å². The third kappa shape index (κ3) is 5.27. The molecule has 3 rings (SSSR count). The Hall–Kier alpha value is -3.47. The fraction of sp³-hybridized carbons (Fsp3) is 0.174. The van der Waals surface area contributed by atoms with E-state index < -0.39 is 0 Å². The average Bonchev–Trinajstić information content (AvgIpc) is 2.72.